The van der Waals surface area contributed by atoms with Gasteiger partial charge in [0.1, 0.15) is 11.6 Å². The summed E-state index contributed by atoms with van der Waals surface area (Å²) >= 11 is 0. The monoisotopic (exact) mass is 279 g/mol. The largest absolute Gasteiger partial charge is 0.334 e. The molecule has 1 atom stereocenters. The molecule has 1 aromatic heterocycles. The lowest BCUT2D eigenvalue weighted by Crippen LogP contribution is -2.29. The predicted octanol–water partition coefficient (Wildman–Crippen LogP) is 2.90. The number of hydrogen-bond acceptors (Lipinski definition) is 2. The van der Waals surface area contributed by atoms with Crippen LogP contribution in [0.15, 0.2) is 30.7 Å². The first kappa shape index (κ1) is 14.7. The van der Waals surface area contributed by atoms with Crippen molar-refractivity contribution in [2.75, 3.05) is 0 Å². The van der Waals surface area contributed by atoms with E-state index in [0.717, 1.165) is 12.2 Å². The normalized spacial score (nSPS) is 12.6. The van der Waals surface area contributed by atoms with Gasteiger partial charge in [0.15, 0.2) is 0 Å². The molecular weight excluding hydrogens is 260 g/mol. The molecule has 0 bridgehead atoms. The van der Waals surface area contributed by atoms with Gasteiger partial charge in [-0.2, -0.15) is 0 Å². The van der Waals surface area contributed by atoms with E-state index >= 15 is 0 Å². The van der Waals surface area contributed by atoms with Gasteiger partial charge in [-0.05, 0) is 32.4 Å². The topological polar surface area (TPSA) is 29.9 Å². The summed E-state index contributed by atoms with van der Waals surface area (Å²) in [6.45, 7) is 5.44. The molecule has 1 N–H and O–H groups in total. The van der Waals surface area contributed by atoms with Gasteiger partial charge in [-0.25, -0.2) is 13.8 Å². The summed E-state index contributed by atoms with van der Waals surface area (Å²) < 4.78 is 29.2. The van der Waals surface area contributed by atoms with Crippen molar-refractivity contribution in [3.8, 4) is 0 Å². The lowest BCUT2D eigenvalue weighted by Gasteiger charge is -2.15. The zero-order valence-electron chi connectivity index (χ0n) is 11.7. The van der Waals surface area contributed by atoms with Gasteiger partial charge in [0.05, 0.1) is 12.0 Å². The maximum atomic E-state index is 13.6. The molecule has 20 heavy (non-hydrogen) atoms. The highest BCUT2D eigenvalue weighted by atomic mass is 19.1. The molecule has 108 valence electrons. The molecule has 2 aromatic rings. The van der Waals surface area contributed by atoms with Crippen LogP contribution < -0.4 is 5.32 Å². The summed E-state index contributed by atoms with van der Waals surface area (Å²) in [6.07, 6.45) is 3.89. The number of aryl methyl sites for hydroxylation is 1. The van der Waals surface area contributed by atoms with Gasteiger partial charge in [-0.3, -0.25) is 0 Å². The SMILES string of the molecule is CCn1cncc1CNC(C)Cc1c(F)cccc1F. The van der Waals surface area contributed by atoms with Gasteiger partial charge in [-0.1, -0.05) is 6.07 Å². The standard InChI is InChI=1S/C15H19F2N3/c1-3-20-10-18-8-12(20)9-19-11(2)7-13-14(16)5-4-6-15(13)17/h4-6,8,10-11,19H,3,7,9H2,1-2H3. The first-order valence-corrected chi connectivity index (χ1v) is 6.77. The number of aromatic nitrogens is 2. The van der Waals surface area contributed by atoms with E-state index in [9.17, 15) is 8.78 Å². The van der Waals surface area contributed by atoms with E-state index in [1.165, 1.54) is 18.2 Å². The van der Waals surface area contributed by atoms with Crippen molar-refractivity contribution in [2.24, 2.45) is 0 Å². The zero-order valence-corrected chi connectivity index (χ0v) is 11.7. The Morgan fingerprint density at radius 3 is 2.65 bits per heavy atom. The van der Waals surface area contributed by atoms with E-state index in [0.29, 0.717) is 13.0 Å². The average Bonchev–Trinajstić information content (AvgIpc) is 2.88. The quantitative estimate of drug-likeness (QED) is 0.881. The Labute approximate surface area is 117 Å². The van der Waals surface area contributed by atoms with E-state index in [1.54, 1.807) is 12.5 Å². The third-order valence-electron chi connectivity index (χ3n) is 3.34. The number of nitrogens with one attached hydrogen (secondary N) is 1. The summed E-state index contributed by atoms with van der Waals surface area (Å²) in [4.78, 5) is 4.09. The van der Waals surface area contributed by atoms with Gasteiger partial charge >= 0.3 is 0 Å². The van der Waals surface area contributed by atoms with Crippen molar-refractivity contribution in [3.05, 3.63) is 53.6 Å². The van der Waals surface area contributed by atoms with Crippen LogP contribution in [0.5, 0.6) is 0 Å². The maximum Gasteiger partial charge on any atom is 0.129 e. The van der Waals surface area contributed by atoms with Crippen LogP contribution in [0.4, 0.5) is 8.78 Å². The predicted molar refractivity (Wildman–Crippen MR) is 74.3 cm³/mol. The Kier molecular flexibility index (Phi) is 4.84. The molecule has 0 aliphatic carbocycles. The van der Waals surface area contributed by atoms with Gasteiger partial charge in [-0.15, -0.1) is 0 Å². The number of rotatable bonds is 6. The molecule has 2 rings (SSSR count). The summed E-state index contributed by atoms with van der Waals surface area (Å²) in [7, 11) is 0. The fourth-order valence-corrected chi connectivity index (χ4v) is 2.16. The van der Waals surface area contributed by atoms with E-state index in [-0.39, 0.29) is 11.6 Å². The second-order valence-corrected chi connectivity index (χ2v) is 4.86. The number of nitrogens with zero attached hydrogens (tertiary/aromatic N) is 2. The molecule has 0 radical (unpaired) electrons. The summed E-state index contributed by atoms with van der Waals surface area (Å²) in [6, 6.07) is 3.93. The number of benzene rings is 1. The molecule has 0 aliphatic rings. The van der Waals surface area contributed by atoms with Gasteiger partial charge in [0, 0.05) is 30.9 Å². The van der Waals surface area contributed by atoms with Crippen LogP contribution in [0, 0.1) is 11.6 Å². The Morgan fingerprint density at radius 2 is 2.00 bits per heavy atom. The zero-order chi connectivity index (χ0) is 14.5. The van der Waals surface area contributed by atoms with Crippen molar-refractivity contribution in [3.63, 3.8) is 0 Å². The Balaban J connectivity index is 1.94. The van der Waals surface area contributed by atoms with Crippen LogP contribution in [0.2, 0.25) is 0 Å². The van der Waals surface area contributed by atoms with Gasteiger partial charge < -0.3 is 9.88 Å². The molecule has 0 amide bonds. The average molecular weight is 279 g/mol. The van der Waals surface area contributed by atoms with Crippen LogP contribution in [-0.2, 0) is 19.5 Å². The molecular formula is C15H19F2N3. The maximum absolute atomic E-state index is 13.6. The second-order valence-electron chi connectivity index (χ2n) is 4.86. The summed E-state index contributed by atoms with van der Waals surface area (Å²) in [5.41, 5.74) is 1.20. The minimum Gasteiger partial charge on any atom is -0.334 e. The lowest BCUT2D eigenvalue weighted by atomic mass is 10.1. The minimum atomic E-state index is -0.489. The van der Waals surface area contributed by atoms with E-state index < -0.39 is 11.6 Å². The molecule has 0 saturated heterocycles. The van der Waals surface area contributed by atoms with E-state index in [4.69, 9.17) is 0 Å². The third kappa shape index (κ3) is 3.42. The van der Waals surface area contributed by atoms with E-state index in [2.05, 4.69) is 10.3 Å². The highest BCUT2D eigenvalue weighted by molar-refractivity contribution is 5.20. The molecule has 0 saturated carbocycles. The molecule has 0 aliphatic heterocycles. The lowest BCUT2D eigenvalue weighted by molar-refractivity contribution is 0.491. The van der Waals surface area contributed by atoms with Crippen molar-refractivity contribution in [2.45, 2.75) is 39.4 Å². The Bertz CT molecular complexity index is 546. The van der Waals surface area contributed by atoms with Crippen molar-refractivity contribution >= 4 is 0 Å². The molecule has 3 nitrogen and oxygen atoms in total. The van der Waals surface area contributed by atoms with Gasteiger partial charge in [0.2, 0.25) is 0 Å². The van der Waals surface area contributed by atoms with Crippen LogP contribution >= 0.6 is 0 Å². The minimum absolute atomic E-state index is 0.0263. The van der Waals surface area contributed by atoms with Crippen molar-refractivity contribution < 1.29 is 8.78 Å². The van der Waals surface area contributed by atoms with Crippen LogP contribution in [-0.4, -0.2) is 15.6 Å². The molecule has 1 heterocycles. The second kappa shape index (κ2) is 6.61. The van der Waals surface area contributed by atoms with Crippen LogP contribution in [0.3, 0.4) is 0 Å². The smallest absolute Gasteiger partial charge is 0.129 e. The highest BCUT2D eigenvalue weighted by Gasteiger charge is 2.12. The molecule has 5 heteroatoms. The first-order chi connectivity index (χ1) is 9.61. The fraction of sp³-hybridized carbons (Fsp3) is 0.400. The Morgan fingerprint density at radius 1 is 1.30 bits per heavy atom. The fourth-order valence-electron chi connectivity index (χ4n) is 2.16. The van der Waals surface area contributed by atoms with E-state index in [1.807, 2.05) is 18.4 Å². The molecule has 0 fully saturated rings. The van der Waals surface area contributed by atoms with Crippen molar-refractivity contribution in [1.82, 2.24) is 14.9 Å². The summed E-state index contributed by atoms with van der Waals surface area (Å²) in [5, 5.41) is 3.27. The number of halogens is 2. The van der Waals surface area contributed by atoms with Crippen LogP contribution in [0.1, 0.15) is 25.1 Å². The highest BCUT2D eigenvalue weighted by Crippen LogP contribution is 2.14. The Hall–Kier alpha value is -1.75. The molecule has 1 unspecified atom stereocenters. The summed E-state index contributed by atoms with van der Waals surface area (Å²) in [5.74, 6) is -0.977. The van der Waals surface area contributed by atoms with Crippen LogP contribution in [0.25, 0.3) is 0 Å². The number of imidazole rings is 1. The third-order valence-corrected chi connectivity index (χ3v) is 3.34. The first-order valence-electron chi connectivity index (χ1n) is 6.77. The van der Waals surface area contributed by atoms with Gasteiger partial charge in [0.25, 0.3) is 0 Å². The molecule has 0 spiro atoms. The van der Waals surface area contributed by atoms with Crippen molar-refractivity contribution in [1.29, 1.82) is 0 Å². The molecule has 1 aromatic carbocycles. The number of hydrogen-bond donors (Lipinski definition) is 1.